The number of primary amides is 1. The zero-order valence-corrected chi connectivity index (χ0v) is 19.8. The Balaban J connectivity index is 0.000000860. The van der Waals surface area contributed by atoms with Gasteiger partial charge in [-0.15, -0.1) is 11.3 Å². The van der Waals surface area contributed by atoms with E-state index in [9.17, 15) is 13.6 Å². The van der Waals surface area contributed by atoms with E-state index in [2.05, 4.69) is 23.2 Å². The van der Waals surface area contributed by atoms with Gasteiger partial charge in [-0.1, -0.05) is 39.8 Å². The first-order valence-corrected chi connectivity index (χ1v) is 11.8. The molecular weight excluding hydrogens is 430 g/mol. The molecule has 1 heterocycles. The average molecular weight is 461 g/mol. The minimum Gasteiger partial charge on any atom is -0.483 e. The third kappa shape index (κ3) is 5.91. The number of carbonyl (C=O) groups is 1. The van der Waals surface area contributed by atoms with Gasteiger partial charge in [-0.3, -0.25) is 4.79 Å². The van der Waals surface area contributed by atoms with Gasteiger partial charge in [0.1, 0.15) is 23.0 Å². The molecule has 3 aromatic rings. The molecule has 0 atom stereocenters. The van der Waals surface area contributed by atoms with Gasteiger partial charge in [0.25, 0.3) is 5.91 Å². The molecule has 4 rings (SSSR count). The summed E-state index contributed by atoms with van der Waals surface area (Å²) in [5.41, 5.74) is 7.63. The van der Waals surface area contributed by atoms with Crippen molar-refractivity contribution in [3.05, 3.63) is 64.2 Å². The topological polar surface area (TPSA) is 65.2 Å². The van der Waals surface area contributed by atoms with Crippen molar-refractivity contribution in [2.45, 2.75) is 60.0 Å². The first-order valence-electron chi connectivity index (χ1n) is 11.0. The summed E-state index contributed by atoms with van der Waals surface area (Å²) in [5.74, 6) is -3.52. The molecular formula is C25H30F2N2O2S. The SMILES string of the molecule is CC.CC.NC(=O)c1c(F)ccc(OCc2nc3cc(C4=CCCCC4)ccc3s2)c1F. The van der Waals surface area contributed by atoms with Crippen LogP contribution in [0.1, 0.15) is 74.3 Å². The largest absolute Gasteiger partial charge is 0.483 e. The molecule has 0 bridgehead atoms. The summed E-state index contributed by atoms with van der Waals surface area (Å²) in [4.78, 5) is 15.8. The average Bonchev–Trinajstić information content (AvgIpc) is 3.24. The number of hydrogen-bond donors (Lipinski definition) is 1. The second kappa shape index (κ2) is 12.3. The molecule has 1 aromatic heterocycles. The van der Waals surface area contributed by atoms with Crippen LogP contribution in [0.4, 0.5) is 8.78 Å². The summed E-state index contributed by atoms with van der Waals surface area (Å²) in [7, 11) is 0. The van der Waals surface area contributed by atoms with Crippen molar-refractivity contribution in [1.29, 1.82) is 0 Å². The van der Waals surface area contributed by atoms with E-state index in [1.165, 1.54) is 35.3 Å². The van der Waals surface area contributed by atoms with Crippen molar-refractivity contribution in [2.24, 2.45) is 5.73 Å². The van der Waals surface area contributed by atoms with Crippen LogP contribution in [0.3, 0.4) is 0 Å². The van der Waals surface area contributed by atoms with Crippen molar-refractivity contribution >= 4 is 33.0 Å². The number of carbonyl (C=O) groups excluding carboxylic acids is 1. The van der Waals surface area contributed by atoms with Gasteiger partial charge in [0.2, 0.25) is 0 Å². The Morgan fingerprint density at radius 3 is 2.53 bits per heavy atom. The number of ether oxygens (including phenoxy) is 1. The maximum atomic E-state index is 14.3. The van der Waals surface area contributed by atoms with Gasteiger partial charge in [-0.25, -0.2) is 13.8 Å². The third-order valence-corrected chi connectivity index (χ3v) is 5.76. The highest BCUT2D eigenvalue weighted by Crippen LogP contribution is 2.31. The van der Waals surface area contributed by atoms with E-state index in [-0.39, 0.29) is 12.4 Å². The Morgan fingerprint density at radius 2 is 1.88 bits per heavy atom. The van der Waals surface area contributed by atoms with E-state index in [0.717, 1.165) is 35.2 Å². The van der Waals surface area contributed by atoms with E-state index in [1.807, 2.05) is 33.8 Å². The Bertz CT molecular complexity index is 1090. The number of amides is 1. The van der Waals surface area contributed by atoms with Gasteiger partial charge >= 0.3 is 0 Å². The van der Waals surface area contributed by atoms with Crippen LogP contribution in [-0.4, -0.2) is 10.9 Å². The maximum Gasteiger partial charge on any atom is 0.254 e. The van der Waals surface area contributed by atoms with Crippen LogP contribution >= 0.6 is 11.3 Å². The summed E-state index contributed by atoms with van der Waals surface area (Å²) in [6, 6.07) is 8.29. The number of halogens is 2. The summed E-state index contributed by atoms with van der Waals surface area (Å²) < 4.78 is 34.3. The molecule has 0 radical (unpaired) electrons. The number of fused-ring (bicyclic) bond motifs is 1. The van der Waals surface area contributed by atoms with E-state index in [1.54, 1.807) is 0 Å². The lowest BCUT2D eigenvalue weighted by Crippen LogP contribution is -2.16. The van der Waals surface area contributed by atoms with E-state index >= 15 is 0 Å². The van der Waals surface area contributed by atoms with Crippen LogP contribution < -0.4 is 10.5 Å². The third-order valence-electron chi connectivity index (χ3n) is 4.75. The van der Waals surface area contributed by atoms with Crippen LogP contribution in [0.2, 0.25) is 0 Å². The number of benzene rings is 2. The molecule has 32 heavy (non-hydrogen) atoms. The van der Waals surface area contributed by atoms with Crippen LogP contribution in [0.15, 0.2) is 36.4 Å². The number of thiazole rings is 1. The lowest BCUT2D eigenvalue weighted by molar-refractivity contribution is 0.0991. The van der Waals surface area contributed by atoms with E-state index in [0.29, 0.717) is 5.01 Å². The highest BCUT2D eigenvalue weighted by Gasteiger charge is 2.19. The van der Waals surface area contributed by atoms with Crippen LogP contribution in [0, 0.1) is 11.6 Å². The molecule has 2 N–H and O–H groups in total. The molecule has 1 aliphatic rings. The molecule has 7 heteroatoms. The highest BCUT2D eigenvalue weighted by molar-refractivity contribution is 7.18. The highest BCUT2D eigenvalue weighted by atomic mass is 32.1. The summed E-state index contributed by atoms with van der Waals surface area (Å²) in [6.07, 6.45) is 6.92. The van der Waals surface area contributed by atoms with Gasteiger partial charge in [0.05, 0.1) is 10.2 Å². The van der Waals surface area contributed by atoms with Gasteiger partial charge in [-0.05, 0) is 61.1 Å². The van der Waals surface area contributed by atoms with Crippen LogP contribution in [-0.2, 0) is 6.61 Å². The Hall–Kier alpha value is -2.80. The standard InChI is InChI=1S/C21H18F2N2O2S.2C2H6/c22-14-7-8-16(20(23)19(14)21(24)26)27-11-18-25-15-10-13(6-9-17(15)28-18)12-4-2-1-3-5-12;2*1-2/h4,6-10H,1-3,5,11H2,(H2,24,26);2*1-2H3. The van der Waals surface area contributed by atoms with Gasteiger partial charge in [0, 0.05) is 0 Å². The zero-order chi connectivity index (χ0) is 23.7. The number of allylic oxidation sites excluding steroid dienone is 2. The molecule has 0 unspecified atom stereocenters. The second-order valence-corrected chi connectivity index (χ2v) is 7.77. The van der Waals surface area contributed by atoms with Crippen molar-refractivity contribution in [3.63, 3.8) is 0 Å². The summed E-state index contributed by atoms with van der Waals surface area (Å²) in [5, 5.41) is 0.661. The molecule has 0 fully saturated rings. The number of aromatic nitrogens is 1. The Kier molecular flexibility index (Phi) is 9.78. The Morgan fingerprint density at radius 1 is 1.12 bits per heavy atom. The zero-order valence-electron chi connectivity index (χ0n) is 19.0. The quantitative estimate of drug-likeness (QED) is 0.436. The summed E-state index contributed by atoms with van der Waals surface area (Å²) >= 11 is 1.45. The summed E-state index contributed by atoms with van der Waals surface area (Å²) in [6.45, 7) is 8.01. The van der Waals surface area contributed by atoms with Crippen molar-refractivity contribution in [3.8, 4) is 5.75 Å². The smallest absolute Gasteiger partial charge is 0.254 e. The maximum absolute atomic E-state index is 14.3. The molecule has 4 nitrogen and oxygen atoms in total. The normalized spacial score (nSPS) is 12.8. The molecule has 0 saturated carbocycles. The molecule has 2 aromatic carbocycles. The number of hydrogen-bond acceptors (Lipinski definition) is 4. The molecule has 0 aliphatic heterocycles. The molecule has 0 saturated heterocycles. The van der Waals surface area contributed by atoms with Crippen LogP contribution in [0.5, 0.6) is 5.75 Å². The number of nitrogens with zero attached hydrogens (tertiary/aromatic N) is 1. The van der Waals surface area contributed by atoms with Crippen molar-refractivity contribution in [1.82, 2.24) is 4.98 Å². The minimum atomic E-state index is -1.18. The van der Waals surface area contributed by atoms with Crippen molar-refractivity contribution in [2.75, 3.05) is 0 Å². The first kappa shape index (κ1) is 25.5. The Labute approximate surface area is 192 Å². The van der Waals surface area contributed by atoms with Crippen molar-refractivity contribution < 1.29 is 18.3 Å². The van der Waals surface area contributed by atoms with Gasteiger partial charge < -0.3 is 10.5 Å². The monoisotopic (exact) mass is 460 g/mol. The molecule has 1 aliphatic carbocycles. The fraction of sp³-hybridized carbons (Fsp3) is 0.360. The lowest BCUT2D eigenvalue weighted by Gasteiger charge is -2.12. The van der Waals surface area contributed by atoms with E-state index in [4.69, 9.17) is 10.5 Å². The second-order valence-electron chi connectivity index (χ2n) is 6.65. The predicted octanol–water partition coefficient (Wildman–Crippen LogP) is 7.26. The minimum absolute atomic E-state index is 0.0120. The molecule has 1 amide bonds. The van der Waals surface area contributed by atoms with E-state index < -0.39 is 23.1 Å². The van der Waals surface area contributed by atoms with Gasteiger partial charge in [0.15, 0.2) is 11.6 Å². The predicted molar refractivity (Wildman–Crippen MR) is 128 cm³/mol. The molecule has 172 valence electrons. The number of rotatable bonds is 5. The molecule has 0 spiro atoms. The number of nitrogens with two attached hydrogens (primary N) is 1. The fourth-order valence-electron chi connectivity index (χ4n) is 3.35. The first-order chi connectivity index (χ1) is 15.5. The van der Waals surface area contributed by atoms with Gasteiger partial charge in [-0.2, -0.15) is 0 Å². The lowest BCUT2D eigenvalue weighted by atomic mass is 9.94. The fourth-order valence-corrected chi connectivity index (χ4v) is 4.21. The van der Waals surface area contributed by atoms with Crippen LogP contribution in [0.25, 0.3) is 15.8 Å².